The molecule has 0 bridgehead atoms. The largest absolute Gasteiger partial charge is 0.325 e. The van der Waals surface area contributed by atoms with Crippen molar-refractivity contribution in [1.82, 2.24) is 14.8 Å². The molecule has 1 N–H and O–H groups in total. The fraction of sp³-hybridized carbons (Fsp3) is 0.240. The number of hydrogen-bond donors (Lipinski definition) is 1. The third kappa shape index (κ3) is 2.88. The van der Waals surface area contributed by atoms with Crippen molar-refractivity contribution in [3.63, 3.8) is 0 Å². The highest BCUT2D eigenvalue weighted by Gasteiger charge is 2.55. The predicted octanol–water partition coefficient (Wildman–Crippen LogP) is 3.81. The van der Waals surface area contributed by atoms with Crippen LogP contribution in [0.4, 0.5) is 9.18 Å². The number of urea groups is 1. The Kier molecular flexibility index (Phi) is 4.51. The molecule has 2 aromatic carbocycles. The minimum atomic E-state index is -1.09. The predicted molar refractivity (Wildman–Crippen MR) is 116 cm³/mol. The van der Waals surface area contributed by atoms with Crippen LogP contribution in [0.3, 0.4) is 0 Å². The quantitative estimate of drug-likeness (QED) is 0.504. The lowest BCUT2D eigenvalue weighted by atomic mass is 9.92. The van der Waals surface area contributed by atoms with Gasteiger partial charge in [0, 0.05) is 22.6 Å². The summed E-state index contributed by atoms with van der Waals surface area (Å²) in [6, 6.07) is 14.9. The molecule has 3 amide bonds. The van der Waals surface area contributed by atoms with E-state index in [9.17, 15) is 18.8 Å². The van der Waals surface area contributed by atoms with Gasteiger partial charge in [0.1, 0.15) is 11.4 Å². The van der Waals surface area contributed by atoms with Crippen molar-refractivity contribution in [2.24, 2.45) is 0 Å². The van der Waals surface area contributed by atoms with Crippen molar-refractivity contribution in [3.8, 4) is 5.69 Å². The normalized spacial score (nSPS) is 19.5. The van der Waals surface area contributed by atoms with Gasteiger partial charge >= 0.3 is 6.03 Å². The number of aromatic nitrogens is 1. The molecule has 1 atom stereocenters. The summed E-state index contributed by atoms with van der Waals surface area (Å²) in [6.07, 6.45) is 1.18. The Balaban J connectivity index is 1.44. The standard InChI is InChI=1S/C25H22FN3O3/c1-15-12-20(16(2)29(15)19-8-5-7-18(26)13-19)22(30)14-28-23(31)25(27-24(28)32)11-10-17-6-3-4-9-21(17)25/h3-9,12-13H,10-11,14H2,1-2H3,(H,27,32). The second-order valence-electron chi connectivity index (χ2n) is 8.41. The highest BCUT2D eigenvalue weighted by molar-refractivity contribution is 6.12. The molecule has 3 aromatic rings. The smallest absolute Gasteiger partial charge is 0.319 e. The highest BCUT2D eigenvalue weighted by atomic mass is 19.1. The number of hydrogen-bond acceptors (Lipinski definition) is 3. The Morgan fingerprint density at radius 2 is 1.88 bits per heavy atom. The third-order valence-electron chi connectivity index (χ3n) is 6.52. The van der Waals surface area contributed by atoms with E-state index in [0.717, 1.165) is 21.7 Å². The van der Waals surface area contributed by atoms with Gasteiger partial charge in [-0.25, -0.2) is 9.18 Å². The second kappa shape index (κ2) is 7.15. The van der Waals surface area contributed by atoms with Gasteiger partial charge < -0.3 is 9.88 Å². The molecule has 6 nitrogen and oxygen atoms in total. The van der Waals surface area contributed by atoms with Gasteiger partial charge in [-0.3, -0.25) is 14.5 Å². The van der Waals surface area contributed by atoms with Crippen LogP contribution < -0.4 is 5.32 Å². The van der Waals surface area contributed by atoms with Crippen molar-refractivity contribution < 1.29 is 18.8 Å². The number of rotatable bonds is 4. The van der Waals surface area contributed by atoms with E-state index < -0.39 is 11.6 Å². The van der Waals surface area contributed by atoms with E-state index in [-0.39, 0.29) is 24.1 Å². The van der Waals surface area contributed by atoms with Crippen LogP contribution in [0.25, 0.3) is 5.69 Å². The number of carbonyl (C=O) groups excluding carboxylic acids is 3. The summed E-state index contributed by atoms with van der Waals surface area (Å²) < 4.78 is 15.5. The molecule has 0 saturated carbocycles. The summed E-state index contributed by atoms with van der Waals surface area (Å²) >= 11 is 0. The SMILES string of the molecule is Cc1cc(C(=O)CN2C(=O)NC3(CCc4ccccc43)C2=O)c(C)n1-c1cccc(F)c1. The topological polar surface area (TPSA) is 71.4 Å². The first-order valence-electron chi connectivity index (χ1n) is 10.5. The Morgan fingerprint density at radius 1 is 1.09 bits per heavy atom. The van der Waals surface area contributed by atoms with Crippen molar-refractivity contribution >= 4 is 17.7 Å². The minimum Gasteiger partial charge on any atom is -0.319 e. The number of imide groups is 1. The molecule has 2 heterocycles. The van der Waals surface area contributed by atoms with Crippen molar-refractivity contribution in [2.45, 2.75) is 32.2 Å². The molecule has 0 radical (unpaired) electrons. The van der Waals surface area contributed by atoms with E-state index in [1.807, 2.05) is 31.2 Å². The minimum absolute atomic E-state index is 0.340. The molecule has 32 heavy (non-hydrogen) atoms. The first-order valence-corrected chi connectivity index (χ1v) is 10.5. The summed E-state index contributed by atoms with van der Waals surface area (Å²) in [7, 11) is 0. The van der Waals surface area contributed by atoms with Crippen LogP contribution in [0.15, 0.2) is 54.6 Å². The van der Waals surface area contributed by atoms with Crippen LogP contribution in [0.1, 0.15) is 39.3 Å². The number of fused-ring (bicyclic) bond motifs is 2. The number of ketones is 1. The van der Waals surface area contributed by atoms with E-state index in [1.54, 1.807) is 29.7 Å². The maximum Gasteiger partial charge on any atom is 0.325 e. The first kappa shape index (κ1) is 20.2. The zero-order valence-corrected chi connectivity index (χ0v) is 17.8. The third-order valence-corrected chi connectivity index (χ3v) is 6.52. The molecule has 1 spiro atoms. The summed E-state index contributed by atoms with van der Waals surface area (Å²) in [5.41, 5.74) is 3.15. The van der Waals surface area contributed by atoms with Crippen molar-refractivity contribution in [3.05, 3.63) is 88.5 Å². The van der Waals surface area contributed by atoms with Crippen LogP contribution >= 0.6 is 0 Å². The summed E-state index contributed by atoms with van der Waals surface area (Å²) in [4.78, 5) is 40.2. The van der Waals surface area contributed by atoms with Crippen LogP contribution in [0, 0.1) is 19.7 Å². The lowest BCUT2D eigenvalue weighted by Crippen LogP contribution is -2.42. The number of amides is 3. The number of carbonyl (C=O) groups is 3. The average Bonchev–Trinajstić information content (AvgIpc) is 3.36. The van der Waals surface area contributed by atoms with Gasteiger partial charge in [0.05, 0.1) is 6.54 Å². The Morgan fingerprint density at radius 3 is 2.66 bits per heavy atom. The molecule has 1 aliphatic heterocycles. The van der Waals surface area contributed by atoms with E-state index >= 15 is 0 Å². The molecule has 1 aromatic heterocycles. The van der Waals surface area contributed by atoms with Crippen molar-refractivity contribution in [1.29, 1.82) is 0 Å². The van der Waals surface area contributed by atoms with Gasteiger partial charge in [-0.15, -0.1) is 0 Å². The Labute approximate surface area is 184 Å². The van der Waals surface area contributed by atoms with E-state index in [2.05, 4.69) is 5.32 Å². The zero-order chi connectivity index (χ0) is 22.6. The van der Waals surface area contributed by atoms with Crippen molar-refractivity contribution in [2.75, 3.05) is 6.54 Å². The number of nitrogens with one attached hydrogen (secondary N) is 1. The fourth-order valence-corrected chi connectivity index (χ4v) is 5.02. The number of halogens is 1. The Bertz CT molecular complexity index is 1300. The average molecular weight is 431 g/mol. The van der Waals surface area contributed by atoms with Gasteiger partial charge in [-0.2, -0.15) is 0 Å². The monoisotopic (exact) mass is 431 g/mol. The summed E-state index contributed by atoms with van der Waals surface area (Å²) in [5.74, 6) is -1.10. The van der Waals surface area contributed by atoms with Gasteiger partial charge in [0.2, 0.25) is 0 Å². The number of nitrogens with zero attached hydrogens (tertiary/aromatic N) is 2. The molecule has 1 aliphatic carbocycles. The molecule has 1 saturated heterocycles. The maximum atomic E-state index is 13.7. The molecular weight excluding hydrogens is 409 g/mol. The highest BCUT2D eigenvalue weighted by Crippen LogP contribution is 2.41. The molecule has 2 aliphatic rings. The van der Waals surface area contributed by atoms with Crippen LogP contribution in [-0.2, 0) is 16.8 Å². The van der Waals surface area contributed by atoms with Gasteiger partial charge in [0.25, 0.3) is 5.91 Å². The number of Topliss-reactive ketones (excluding diaryl/α,β-unsaturated/α-hetero) is 1. The molecule has 7 heteroatoms. The Hall–Kier alpha value is -3.74. The molecule has 162 valence electrons. The van der Waals surface area contributed by atoms with E-state index in [0.29, 0.717) is 29.8 Å². The van der Waals surface area contributed by atoms with Gasteiger partial charge in [-0.05, 0) is 62.1 Å². The molecule has 5 rings (SSSR count). The summed E-state index contributed by atoms with van der Waals surface area (Å²) in [5, 5.41) is 2.84. The van der Waals surface area contributed by atoms with Crippen LogP contribution in [-0.4, -0.2) is 33.7 Å². The van der Waals surface area contributed by atoms with Gasteiger partial charge in [-0.1, -0.05) is 30.3 Å². The molecule has 1 unspecified atom stereocenters. The lowest BCUT2D eigenvalue weighted by Gasteiger charge is -2.22. The van der Waals surface area contributed by atoms with Crippen LogP contribution in [0.5, 0.6) is 0 Å². The van der Waals surface area contributed by atoms with Crippen LogP contribution in [0.2, 0.25) is 0 Å². The molecular formula is C25H22FN3O3. The fourth-order valence-electron chi connectivity index (χ4n) is 5.02. The molecule has 1 fully saturated rings. The number of benzene rings is 2. The number of aryl methyl sites for hydroxylation is 2. The second-order valence-corrected chi connectivity index (χ2v) is 8.41. The van der Waals surface area contributed by atoms with Gasteiger partial charge in [0.15, 0.2) is 5.78 Å². The zero-order valence-electron chi connectivity index (χ0n) is 17.8. The van der Waals surface area contributed by atoms with E-state index in [4.69, 9.17) is 0 Å². The summed E-state index contributed by atoms with van der Waals surface area (Å²) in [6.45, 7) is 3.25. The lowest BCUT2D eigenvalue weighted by molar-refractivity contribution is -0.131. The van der Waals surface area contributed by atoms with E-state index in [1.165, 1.54) is 12.1 Å². The first-order chi connectivity index (χ1) is 15.3. The maximum absolute atomic E-state index is 13.7.